The number of nitrogens with two attached hydrogens (primary N) is 1. The summed E-state index contributed by atoms with van der Waals surface area (Å²) in [5.74, 6) is 0.407. The molecule has 0 saturated heterocycles. The third kappa shape index (κ3) is 4.46. The van der Waals surface area contributed by atoms with Crippen molar-refractivity contribution < 1.29 is 13.2 Å². The van der Waals surface area contributed by atoms with Gasteiger partial charge in [0.15, 0.2) is 5.96 Å². The van der Waals surface area contributed by atoms with Gasteiger partial charge in [0.2, 0.25) is 0 Å². The van der Waals surface area contributed by atoms with Gasteiger partial charge in [0.05, 0.1) is 12.1 Å². The smallest absolute Gasteiger partial charge is 0.370 e. The first kappa shape index (κ1) is 15.3. The van der Waals surface area contributed by atoms with Gasteiger partial charge in [-0.3, -0.25) is 0 Å². The van der Waals surface area contributed by atoms with Crippen LogP contribution in [-0.2, 0) is 12.7 Å². The third-order valence-corrected chi connectivity index (χ3v) is 2.79. The molecule has 0 aliphatic carbocycles. The van der Waals surface area contributed by atoms with Crippen LogP contribution in [0.25, 0.3) is 0 Å². The molecular weight excluding hydrogens is 255 g/mol. The van der Waals surface area contributed by atoms with E-state index in [-0.39, 0.29) is 6.54 Å². The Morgan fingerprint density at radius 2 is 1.68 bits per heavy atom. The number of guanidine groups is 1. The summed E-state index contributed by atoms with van der Waals surface area (Å²) in [6, 6.07) is 4.95. The van der Waals surface area contributed by atoms with E-state index >= 15 is 0 Å². The summed E-state index contributed by atoms with van der Waals surface area (Å²) in [5, 5.41) is 0. The highest BCUT2D eigenvalue weighted by Crippen LogP contribution is 2.29. The molecule has 1 aromatic rings. The topological polar surface area (TPSA) is 41.6 Å². The van der Waals surface area contributed by atoms with Crippen LogP contribution in [0.1, 0.15) is 25.0 Å². The quantitative estimate of drug-likeness (QED) is 0.677. The van der Waals surface area contributed by atoms with Crippen molar-refractivity contribution in [2.45, 2.75) is 26.6 Å². The summed E-state index contributed by atoms with van der Waals surface area (Å²) in [7, 11) is 0. The molecule has 0 radical (unpaired) electrons. The molecule has 6 heteroatoms. The fourth-order valence-electron chi connectivity index (χ4n) is 1.62. The molecule has 1 aromatic carbocycles. The van der Waals surface area contributed by atoms with E-state index in [1.807, 2.05) is 18.7 Å². The Bertz CT molecular complexity index is 420. The molecule has 0 heterocycles. The first-order chi connectivity index (χ1) is 8.88. The Balaban J connectivity index is 2.71. The van der Waals surface area contributed by atoms with Crippen molar-refractivity contribution in [3.8, 4) is 0 Å². The second-order valence-electron chi connectivity index (χ2n) is 4.04. The van der Waals surface area contributed by atoms with Crippen molar-refractivity contribution in [3.05, 3.63) is 35.4 Å². The number of hydrogen-bond acceptors (Lipinski definition) is 1. The summed E-state index contributed by atoms with van der Waals surface area (Å²) >= 11 is 0. The van der Waals surface area contributed by atoms with Crippen LogP contribution in [0.3, 0.4) is 0 Å². The Morgan fingerprint density at radius 3 is 2.11 bits per heavy atom. The van der Waals surface area contributed by atoms with E-state index in [9.17, 15) is 13.2 Å². The number of alkyl halides is 3. The minimum absolute atomic E-state index is 0.278. The molecule has 0 aromatic heterocycles. The predicted molar refractivity (Wildman–Crippen MR) is 69.7 cm³/mol. The molecule has 106 valence electrons. The lowest BCUT2D eigenvalue weighted by Gasteiger charge is -2.19. The molecule has 0 aliphatic heterocycles. The van der Waals surface area contributed by atoms with Crippen LogP contribution in [0.2, 0.25) is 0 Å². The van der Waals surface area contributed by atoms with Crippen LogP contribution in [-0.4, -0.2) is 23.9 Å². The lowest BCUT2D eigenvalue weighted by Crippen LogP contribution is -2.37. The van der Waals surface area contributed by atoms with E-state index < -0.39 is 11.7 Å². The van der Waals surface area contributed by atoms with Gasteiger partial charge in [0.25, 0.3) is 0 Å². The molecule has 19 heavy (non-hydrogen) atoms. The Morgan fingerprint density at radius 1 is 1.16 bits per heavy atom. The highest BCUT2D eigenvalue weighted by molar-refractivity contribution is 5.77. The van der Waals surface area contributed by atoms with Crippen molar-refractivity contribution >= 4 is 5.96 Å². The van der Waals surface area contributed by atoms with Gasteiger partial charge >= 0.3 is 6.18 Å². The van der Waals surface area contributed by atoms with E-state index in [0.29, 0.717) is 11.5 Å². The van der Waals surface area contributed by atoms with Crippen molar-refractivity contribution in [1.82, 2.24) is 4.90 Å². The summed E-state index contributed by atoms with van der Waals surface area (Å²) in [6.45, 7) is 5.70. The van der Waals surface area contributed by atoms with Crippen LogP contribution in [0.5, 0.6) is 0 Å². The van der Waals surface area contributed by atoms with Crippen LogP contribution >= 0.6 is 0 Å². The van der Waals surface area contributed by atoms with Crippen LogP contribution < -0.4 is 5.73 Å². The van der Waals surface area contributed by atoms with Gasteiger partial charge in [-0.15, -0.1) is 0 Å². The molecule has 1 rings (SSSR count). The fourth-order valence-corrected chi connectivity index (χ4v) is 1.62. The summed E-state index contributed by atoms with van der Waals surface area (Å²) in [6.07, 6.45) is -4.30. The molecule has 0 saturated carbocycles. The molecule has 3 nitrogen and oxygen atoms in total. The molecule has 0 spiro atoms. The molecule has 0 aliphatic rings. The lowest BCUT2D eigenvalue weighted by molar-refractivity contribution is -0.137. The Kier molecular flexibility index (Phi) is 5.20. The van der Waals surface area contributed by atoms with Crippen LogP contribution in [0, 0.1) is 0 Å². The predicted octanol–water partition coefficient (Wildman–Crippen LogP) is 2.86. The van der Waals surface area contributed by atoms with Gasteiger partial charge in [0.1, 0.15) is 0 Å². The maximum Gasteiger partial charge on any atom is 0.416 e. The highest BCUT2D eigenvalue weighted by Gasteiger charge is 2.29. The average molecular weight is 273 g/mol. The molecule has 0 fully saturated rings. The number of halogens is 3. The van der Waals surface area contributed by atoms with Crippen LogP contribution in [0.4, 0.5) is 13.2 Å². The average Bonchev–Trinajstić information content (AvgIpc) is 2.37. The highest BCUT2D eigenvalue weighted by atomic mass is 19.4. The SMILES string of the molecule is CCN(CC)C(N)=NCc1ccc(C(F)(F)F)cc1. The normalized spacial score (nSPS) is 12.6. The molecule has 0 amide bonds. The minimum atomic E-state index is -4.30. The second kappa shape index (κ2) is 6.45. The summed E-state index contributed by atoms with van der Waals surface area (Å²) < 4.78 is 37.1. The zero-order valence-electron chi connectivity index (χ0n) is 11.0. The van der Waals surface area contributed by atoms with Crippen LogP contribution in [0.15, 0.2) is 29.3 Å². The zero-order chi connectivity index (χ0) is 14.5. The van der Waals surface area contributed by atoms with E-state index in [2.05, 4.69) is 4.99 Å². The zero-order valence-corrected chi connectivity index (χ0v) is 11.0. The fraction of sp³-hybridized carbons (Fsp3) is 0.462. The van der Waals surface area contributed by atoms with E-state index in [1.54, 1.807) is 0 Å². The minimum Gasteiger partial charge on any atom is -0.370 e. The Hall–Kier alpha value is -1.72. The molecule has 2 N–H and O–H groups in total. The number of aliphatic imine (C=N–C) groups is 1. The standard InChI is InChI=1S/C13H18F3N3/c1-3-19(4-2)12(17)18-9-10-5-7-11(8-6-10)13(14,15)16/h5-8H,3-4,9H2,1-2H3,(H2,17,18). The molecule has 0 bridgehead atoms. The molecule has 0 atom stereocenters. The van der Waals surface area contributed by atoms with Crippen molar-refractivity contribution in [1.29, 1.82) is 0 Å². The number of nitrogens with zero attached hydrogens (tertiary/aromatic N) is 2. The van der Waals surface area contributed by atoms with E-state index in [4.69, 9.17) is 5.73 Å². The van der Waals surface area contributed by atoms with E-state index in [0.717, 1.165) is 25.2 Å². The van der Waals surface area contributed by atoms with Gasteiger partial charge in [0, 0.05) is 13.1 Å². The maximum atomic E-state index is 12.4. The Labute approximate surface area is 110 Å². The van der Waals surface area contributed by atoms with Gasteiger partial charge in [-0.05, 0) is 31.5 Å². The monoisotopic (exact) mass is 273 g/mol. The van der Waals surface area contributed by atoms with Gasteiger partial charge < -0.3 is 10.6 Å². The van der Waals surface area contributed by atoms with Crippen molar-refractivity contribution in [2.24, 2.45) is 10.7 Å². The van der Waals surface area contributed by atoms with Gasteiger partial charge in [-0.25, -0.2) is 4.99 Å². The summed E-state index contributed by atoms with van der Waals surface area (Å²) in [5.41, 5.74) is 5.82. The van der Waals surface area contributed by atoms with Gasteiger partial charge in [-0.2, -0.15) is 13.2 Å². The summed E-state index contributed by atoms with van der Waals surface area (Å²) in [4.78, 5) is 6.05. The maximum absolute atomic E-state index is 12.4. The second-order valence-corrected chi connectivity index (χ2v) is 4.04. The third-order valence-electron chi connectivity index (χ3n) is 2.79. The van der Waals surface area contributed by atoms with Crippen molar-refractivity contribution in [3.63, 3.8) is 0 Å². The molecule has 0 unspecified atom stereocenters. The number of benzene rings is 1. The lowest BCUT2D eigenvalue weighted by atomic mass is 10.1. The first-order valence-electron chi connectivity index (χ1n) is 6.09. The largest absolute Gasteiger partial charge is 0.416 e. The van der Waals surface area contributed by atoms with Gasteiger partial charge in [-0.1, -0.05) is 12.1 Å². The number of rotatable bonds is 4. The first-order valence-corrected chi connectivity index (χ1v) is 6.09. The van der Waals surface area contributed by atoms with E-state index in [1.165, 1.54) is 12.1 Å². The van der Waals surface area contributed by atoms with Crippen molar-refractivity contribution in [2.75, 3.05) is 13.1 Å². The molecular formula is C13H18F3N3. The number of hydrogen-bond donors (Lipinski definition) is 1.